The molecule has 0 aromatic rings. The largest absolute Gasteiger partial charge is 0 e. The average Bonchev–Trinajstić information content (AvgIpc) is 0.918. The second-order valence-corrected chi connectivity index (χ2v) is 0.326. The van der Waals surface area contributed by atoms with Crippen molar-refractivity contribution in [3.8, 4) is 4.97 Å². The molecule has 0 saturated carbocycles. The minimum Gasteiger partial charge on any atom is 0 e. The predicted octanol–water partition coefficient (Wildman–Crippen LogP) is -0.367. The fraction of sp³-hybridized carbons (Fsp3) is 0. The van der Waals surface area contributed by atoms with Crippen molar-refractivity contribution in [2.24, 2.45) is 0 Å². The molecule has 0 atom stereocenters. The van der Waals surface area contributed by atoms with Gasteiger partial charge in [0.05, 0.1) is 0 Å². The van der Waals surface area contributed by atoms with Crippen molar-refractivity contribution < 1.29 is 16.0 Å². The molecule has 0 spiro atoms. The molecule has 4 heavy (non-hydrogen) atoms. The Labute approximate surface area is 53.3 Å². The van der Waals surface area contributed by atoms with Crippen LogP contribution in [0.15, 0.2) is 0 Å². The quantitative estimate of drug-likeness (QED) is 0.558. The number of hydrogen-bond donors (Lipinski definition) is 0. The molecule has 0 amide bonds. The van der Waals surface area contributed by atoms with Gasteiger partial charge in [-0.1, -0.05) is 0 Å². The molecule has 20 valence electrons. The van der Waals surface area contributed by atoms with Crippen LogP contribution in [-0.2, 0) is 16.0 Å². The summed E-state index contributed by atoms with van der Waals surface area (Å²) in [5, 5.41) is 7.21. The van der Waals surface area contributed by atoms with Gasteiger partial charge < -0.3 is 0 Å². The van der Waals surface area contributed by atoms with E-state index >= 15 is 0 Å². The fourth-order valence-corrected chi connectivity index (χ4v) is 0. The summed E-state index contributed by atoms with van der Waals surface area (Å²) in [7, 11) is 0. The normalized spacial score (nSPS) is 2.00. The van der Waals surface area contributed by atoms with Crippen molar-refractivity contribution in [1.29, 1.82) is 5.26 Å². The van der Waals surface area contributed by atoms with Crippen LogP contribution in [0.1, 0.15) is 0 Å². The van der Waals surface area contributed by atoms with Gasteiger partial charge in [-0.3, -0.25) is 0 Å². The van der Waals surface area contributed by atoms with E-state index in [0.29, 0.717) is 0 Å². The molecule has 0 heterocycles. The zero-order valence-corrected chi connectivity index (χ0v) is 7.47. The molecule has 1 radical (unpaired) electrons. The molecular formula is CFeNTl. The third-order valence-electron chi connectivity index (χ3n) is 0. The minimum absolute atomic E-state index is 0. The second-order valence-electron chi connectivity index (χ2n) is 0.0791. The van der Waals surface area contributed by atoms with Crippen molar-refractivity contribution in [2.45, 2.75) is 0 Å². The Hall–Kier alpha value is 0.932. The smallest absolute Gasteiger partial charge is 0 e. The maximum Gasteiger partial charge on any atom is 0 e. The zero-order chi connectivity index (χ0) is 2.71. The van der Waals surface area contributed by atoms with E-state index in [4.69, 9.17) is 5.26 Å². The van der Waals surface area contributed by atoms with Crippen LogP contribution in [0.4, 0.5) is 0 Å². The van der Waals surface area contributed by atoms with Crippen molar-refractivity contribution >= 4 is 27.3 Å². The van der Waals surface area contributed by atoms with Crippen LogP contribution in [-0.4, -0.2) is 27.3 Å². The Kier molecular flexibility index (Phi) is 20.1. The Bertz CT molecular complexity index is 29.5. The van der Waals surface area contributed by atoms with Gasteiger partial charge in [0.1, 0.15) is 0 Å². The monoisotopic (exact) mass is 287 g/mol. The first kappa shape index (κ1) is 8.87. The van der Waals surface area contributed by atoms with Gasteiger partial charge in [-0.15, -0.1) is 0 Å². The van der Waals surface area contributed by atoms with Crippen LogP contribution in [0, 0.1) is 10.2 Å². The first-order valence-corrected chi connectivity index (χ1v) is 0.952. The fourth-order valence-electron chi connectivity index (χ4n) is 0. The molecule has 1 nitrogen and oxygen atoms in total. The maximum absolute atomic E-state index is 7.21. The van der Waals surface area contributed by atoms with Gasteiger partial charge in [-0.2, -0.15) is 0 Å². The van der Waals surface area contributed by atoms with Crippen molar-refractivity contribution in [2.75, 3.05) is 0 Å². The van der Waals surface area contributed by atoms with Crippen molar-refractivity contribution in [3.05, 3.63) is 0 Å². The summed E-state index contributed by atoms with van der Waals surface area (Å²) >= 11 is 2.79. The third kappa shape index (κ3) is 12.6. The number of nitrogens with zero attached hydrogens (tertiary/aromatic N) is 1. The molecule has 0 N–H and O–H groups in total. The molecule has 0 aliphatic heterocycles. The van der Waals surface area contributed by atoms with Crippen LogP contribution in [0.25, 0.3) is 0 Å². The van der Waals surface area contributed by atoms with Crippen LogP contribution < -0.4 is 0 Å². The zero-order valence-electron chi connectivity index (χ0n) is 1.88. The van der Waals surface area contributed by atoms with Gasteiger partial charge in [-0.25, -0.2) is 0 Å². The molecule has 0 unspecified atom stereocenters. The minimum atomic E-state index is 0. The van der Waals surface area contributed by atoms with E-state index in [-0.39, 0.29) is 27.3 Å². The van der Waals surface area contributed by atoms with E-state index in [9.17, 15) is 0 Å². The number of nitriles is 1. The van der Waals surface area contributed by atoms with E-state index in [1.54, 1.807) is 0 Å². The van der Waals surface area contributed by atoms with Crippen LogP contribution in [0.3, 0.4) is 0 Å². The van der Waals surface area contributed by atoms with Gasteiger partial charge in [0.2, 0.25) is 0 Å². The summed E-state index contributed by atoms with van der Waals surface area (Å²) in [4.78, 5) is 1.50. The van der Waals surface area contributed by atoms with Gasteiger partial charge >= 0.3 is 26.2 Å². The number of rotatable bonds is 0. The van der Waals surface area contributed by atoms with E-state index in [0.717, 1.165) is 0 Å². The maximum atomic E-state index is 7.21. The summed E-state index contributed by atoms with van der Waals surface area (Å²) in [5.41, 5.74) is 0. The van der Waals surface area contributed by atoms with Crippen molar-refractivity contribution in [3.63, 3.8) is 0 Å². The third-order valence-corrected chi connectivity index (χ3v) is 0. The SMILES string of the molecule is N#[C][Fe].[Tl]. The topological polar surface area (TPSA) is 23.8 Å². The van der Waals surface area contributed by atoms with E-state index in [1.807, 2.05) is 0 Å². The molecule has 0 aliphatic rings. The van der Waals surface area contributed by atoms with Crippen LogP contribution in [0.2, 0.25) is 0 Å². The Morgan fingerprint density at radius 2 is 1.75 bits per heavy atom. The Balaban J connectivity index is 0. The van der Waals surface area contributed by atoms with E-state index in [1.165, 1.54) is 4.97 Å². The summed E-state index contributed by atoms with van der Waals surface area (Å²) in [6.45, 7) is 0. The predicted molar refractivity (Wildman–Crippen MR) is 11.4 cm³/mol. The summed E-state index contributed by atoms with van der Waals surface area (Å²) < 4.78 is 0. The molecule has 0 fully saturated rings. The van der Waals surface area contributed by atoms with Crippen molar-refractivity contribution in [1.82, 2.24) is 0 Å². The average molecular weight is 286 g/mol. The molecule has 0 aromatic carbocycles. The molecule has 0 saturated heterocycles. The first-order valence-electron chi connectivity index (χ1n) is 0.400. The molecule has 0 aromatic heterocycles. The summed E-state index contributed by atoms with van der Waals surface area (Å²) in [6.07, 6.45) is 0. The van der Waals surface area contributed by atoms with E-state index < -0.39 is 0 Å². The van der Waals surface area contributed by atoms with Gasteiger partial charge in [0.25, 0.3) is 0 Å². The molecule has 3 heteroatoms. The van der Waals surface area contributed by atoms with Crippen LogP contribution >= 0.6 is 0 Å². The molecular weight excluding hydrogens is 286 g/mol. The molecule has 0 aliphatic carbocycles. The van der Waals surface area contributed by atoms with Crippen LogP contribution in [0.5, 0.6) is 0 Å². The second kappa shape index (κ2) is 9.06. The van der Waals surface area contributed by atoms with E-state index in [2.05, 4.69) is 16.0 Å². The Morgan fingerprint density at radius 1 is 1.75 bits per heavy atom. The summed E-state index contributed by atoms with van der Waals surface area (Å²) in [6, 6.07) is 0. The first-order chi connectivity index (χ1) is 1.41. The van der Waals surface area contributed by atoms with Gasteiger partial charge in [0, 0.05) is 27.3 Å². The standard InChI is InChI=1S/CN.Fe.Tl/c1-2;;. The Morgan fingerprint density at radius 3 is 1.75 bits per heavy atom. The molecule has 0 rings (SSSR count). The van der Waals surface area contributed by atoms with Gasteiger partial charge in [-0.05, 0) is 0 Å². The summed E-state index contributed by atoms with van der Waals surface area (Å²) in [5.74, 6) is 0. The van der Waals surface area contributed by atoms with Gasteiger partial charge in [0.15, 0.2) is 0 Å². The molecule has 0 bridgehead atoms. The number of hydrogen-bond acceptors (Lipinski definition) is 1.